The number of carboxylic acids is 2. The van der Waals surface area contributed by atoms with E-state index in [0.717, 1.165) is 0 Å². The fraction of sp³-hybridized carbons (Fsp3) is 0.333. The number of hydrogen-bond donors (Lipinski definition) is 0. The van der Waals surface area contributed by atoms with Crippen LogP contribution in [0.1, 0.15) is 19.3 Å². The summed E-state index contributed by atoms with van der Waals surface area (Å²) in [5.74, 6) is -3.09. The molecule has 0 spiro atoms. The van der Waals surface area contributed by atoms with Crippen LogP contribution < -0.4 is 69.3 Å². The van der Waals surface area contributed by atoms with Crippen molar-refractivity contribution in [3.63, 3.8) is 0 Å². The molecular formula is C9H10Na2O4. The SMILES string of the molecule is C1=CCCC1.O=C([O-])/C=C\C(=O)[O-].[Na+].[Na+]. The third-order valence-electron chi connectivity index (χ3n) is 1.26. The standard InChI is InChI=1S/C5H8.C4H4O4.2Na/c1-2-4-5-3-1;5-3(6)1-2-4(7)8;;/h1-2H,3-5H2;1-2H,(H,5,6)(H,7,8);;/q;;2*+1/p-2/b;2-1-;;. The third-order valence-corrected chi connectivity index (χ3v) is 1.26. The van der Waals surface area contributed by atoms with E-state index in [2.05, 4.69) is 12.2 Å². The molecule has 0 amide bonds. The molecule has 0 N–H and O–H groups in total. The molecular weight excluding hydrogens is 218 g/mol. The van der Waals surface area contributed by atoms with E-state index in [4.69, 9.17) is 0 Å². The van der Waals surface area contributed by atoms with E-state index in [1.54, 1.807) is 0 Å². The Labute approximate surface area is 133 Å². The van der Waals surface area contributed by atoms with Crippen LogP contribution in [-0.4, -0.2) is 11.9 Å². The molecule has 4 nitrogen and oxygen atoms in total. The molecule has 6 heteroatoms. The second-order valence-corrected chi connectivity index (χ2v) is 2.37. The summed E-state index contributed by atoms with van der Waals surface area (Å²) in [4.78, 5) is 18.8. The molecule has 1 aliphatic carbocycles. The average molecular weight is 228 g/mol. The van der Waals surface area contributed by atoms with Crippen LogP contribution in [0, 0.1) is 0 Å². The smallest absolute Gasteiger partial charge is 0.545 e. The topological polar surface area (TPSA) is 80.3 Å². The zero-order valence-corrected chi connectivity index (χ0v) is 13.1. The van der Waals surface area contributed by atoms with Gasteiger partial charge in [-0.15, -0.1) is 0 Å². The fourth-order valence-corrected chi connectivity index (χ4v) is 0.725. The van der Waals surface area contributed by atoms with Crippen LogP contribution in [0.4, 0.5) is 0 Å². The summed E-state index contributed by atoms with van der Waals surface area (Å²) in [7, 11) is 0. The Morgan fingerprint density at radius 2 is 1.27 bits per heavy atom. The molecule has 0 aliphatic heterocycles. The minimum Gasteiger partial charge on any atom is -0.545 e. The number of carbonyl (C=O) groups excluding carboxylic acids is 2. The Balaban J connectivity index is -0.000000180. The van der Waals surface area contributed by atoms with Crippen molar-refractivity contribution < 1.29 is 78.9 Å². The van der Waals surface area contributed by atoms with Gasteiger partial charge in [0.05, 0.1) is 11.9 Å². The zero-order chi connectivity index (χ0) is 10.1. The number of allylic oxidation sites excluding steroid dienone is 2. The summed E-state index contributed by atoms with van der Waals surface area (Å²) < 4.78 is 0. The van der Waals surface area contributed by atoms with Crippen molar-refractivity contribution in [1.82, 2.24) is 0 Å². The molecule has 15 heavy (non-hydrogen) atoms. The maximum Gasteiger partial charge on any atom is 1.00 e. The molecule has 0 saturated carbocycles. The monoisotopic (exact) mass is 228 g/mol. The van der Waals surface area contributed by atoms with Crippen molar-refractivity contribution in [3.05, 3.63) is 24.3 Å². The Morgan fingerprint density at radius 3 is 1.40 bits per heavy atom. The van der Waals surface area contributed by atoms with E-state index in [1.807, 2.05) is 0 Å². The second-order valence-electron chi connectivity index (χ2n) is 2.37. The second kappa shape index (κ2) is 14.4. The molecule has 0 unspecified atom stereocenters. The van der Waals surface area contributed by atoms with E-state index in [1.165, 1.54) is 19.3 Å². The summed E-state index contributed by atoms with van der Waals surface area (Å²) in [6, 6.07) is 0. The van der Waals surface area contributed by atoms with Crippen molar-refractivity contribution in [2.24, 2.45) is 0 Å². The first kappa shape index (κ1) is 20.8. The van der Waals surface area contributed by atoms with Gasteiger partial charge in [0.1, 0.15) is 0 Å². The first-order chi connectivity index (χ1) is 6.13. The quantitative estimate of drug-likeness (QED) is 0.267. The average Bonchev–Trinajstić information content (AvgIpc) is 2.57. The number of carboxylic acid groups (broad SMARTS) is 2. The van der Waals surface area contributed by atoms with Gasteiger partial charge in [0.25, 0.3) is 0 Å². The fourth-order valence-electron chi connectivity index (χ4n) is 0.725. The molecule has 0 aromatic heterocycles. The molecule has 0 saturated heterocycles. The summed E-state index contributed by atoms with van der Waals surface area (Å²) >= 11 is 0. The Bertz CT molecular complexity index is 214. The Kier molecular flexibility index (Phi) is 20.0. The summed E-state index contributed by atoms with van der Waals surface area (Å²) in [6.45, 7) is 0. The Morgan fingerprint density at radius 1 is 0.933 bits per heavy atom. The molecule has 1 rings (SSSR count). The van der Waals surface area contributed by atoms with Gasteiger partial charge in [-0.25, -0.2) is 0 Å². The van der Waals surface area contributed by atoms with Gasteiger partial charge < -0.3 is 19.8 Å². The van der Waals surface area contributed by atoms with Gasteiger partial charge in [-0.05, 0) is 31.4 Å². The molecule has 0 fully saturated rings. The van der Waals surface area contributed by atoms with E-state index in [9.17, 15) is 19.8 Å². The van der Waals surface area contributed by atoms with Gasteiger partial charge in [-0.1, -0.05) is 12.2 Å². The van der Waals surface area contributed by atoms with Crippen LogP contribution in [0.2, 0.25) is 0 Å². The Hall–Kier alpha value is 0.420. The summed E-state index contributed by atoms with van der Waals surface area (Å²) in [5.41, 5.74) is 0. The number of aliphatic carboxylic acids is 2. The van der Waals surface area contributed by atoms with Crippen molar-refractivity contribution in [1.29, 1.82) is 0 Å². The van der Waals surface area contributed by atoms with Gasteiger partial charge in [0.2, 0.25) is 0 Å². The van der Waals surface area contributed by atoms with Crippen molar-refractivity contribution in [2.75, 3.05) is 0 Å². The van der Waals surface area contributed by atoms with E-state index in [0.29, 0.717) is 12.2 Å². The molecule has 0 aromatic carbocycles. The number of hydrogen-bond acceptors (Lipinski definition) is 4. The largest absolute Gasteiger partial charge is 1.00 e. The summed E-state index contributed by atoms with van der Waals surface area (Å²) in [6.07, 6.45) is 9.27. The normalized spacial score (nSPS) is 12.0. The van der Waals surface area contributed by atoms with Gasteiger partial charge in [-0.3, -0.25) is 0 Å². The first-order valence-corrected chi connectivity index (χ1v) is 3.88. The van der Waals surface area contributed by atoms with Crippen LogP contribution in [-0.2, 0) is 9.59 Å². The van der Waals surface area contributed by atoms with Crippen LogP contribution in [0.15, 0.2) is 24.3 Å². The van der Waals surface area contributed by atoms with Gasteiger partial charge in [0.15, 0.2) is 0 Å². The predicted octanol–water partition coefficient (Wildman–Crippen LogP) is -7.22. The maximum absolute atomic E-state index is 9.41. The maximum atomic E-state index is 9.41. The van der Waals surface area contributed by atoms with Crippen molar-refractivity contribution in [2.45, 2.75) is 19.3 Å². The van der Waals surface area contributed by atoms with Gasteiger partial charge >= 0.3 is 59.1 Å². The molecule has 0 bridgehead atoms. The number of carbonyl (C=O) groups is 2. The van der Waals surface area contributed by atoms with E-state index in [-0.39, 0.29) is 59.1 Å². The molecule has 0 heterocycles. The molecule has 0 aromatic rings. The molecule has 0 radical (unpaired) electrons. The number of rotatable bonds is 2. The minimum absolute atomic E-state index is 0. The molecule has 72 valence electrons. The third kappa shape index (κ3) is 20.5. The van der Waals surface area contributed by atoms with Crippen LogP contribution >= 0.6 is 0 Å². The van der Waals surface area contributed by atoms with E-state index < -0.39 is 11.9 Å². The molecule has 1 aliphatic rings. The van der Waals surface area contributed by atoms with Crippen LogP contribution in [0.5, 0.6) is 0 Å². The van der Waals surface area contributed by atoms with Crippen molar-refractivity contribution >= 4 is 11.9 Å². The van der Waals surface area contributed by atoms with Gasteiger partial charge in [-0.2, -0.15) is 0 Å². The van der Waals surface area contributed by atoms with Crippen LogP contribution in [0.3, 0.4) is 0 Å². The first-order valence-electron chi connectivity index (χ1n) is 3.88. The van der Waals surface area contributed by atoms with Crippen molar-refractivity contribution in [3.8, 4) is 0 Å². The predicted molar refractivity (Wildman–Crippen MR) is 42.1 cm³/mol. The summed E-state index contributed by atoms with van der Waals surface area (Å²) in [5, 5.41) is 18.8. The molecule has 0 atom stereocenters. The van der Waals surface area contributed by atoms with Gasteiger partial charge in [0, 0.05) is 0 Å². The van der Waals surface area contributed by atoms with Crippen LogP contribution in [0.25, 0.3) is 0 Å². The van der Waals surface area contributed by atoms with E-state index >= 15 is 0 Å². The minimum atomic E-state index is -1.55. The zero-order valence-electron chi connectivity index (χ0n) is 9.06.